The summed E-state index contributed by atoms with van der Waals surface area (Å²) in [6.07, 6.45) is -4.84. The second-order valence-electron chi connectivity index (χ2n) is 3.88. The number of methoxy groups -OCH3 is 1. The predicted molar refractivity (Wildman–Crippen MR) is 62.7 cm³/mol. The van der Waals surface area contributed by atoms with Crippen LogP contribution in [0.25, 0.3) is 0 Å². The number of primary amides is 1. The van der Waals surface area contributed by atoms with E-state index in [0.717, 1.165) is 6.07 Å². The van der Waals surface area contributed by atoms with E-state index < -0.39 is 17.8 Å². The molecule has 1 rings (SSSR count). The molecule has 106 valence electrons. The fourth-order valence-corrected chi connectivity index (χ4v) is 1.27. The maximum atomic E-state index is 12.5. The molecular formula is C11H14F3N3O2. The molecule has 0 spiro atoms. The lowest BCUT2D eigenvalue weighted by Crippen LogP contribution is -2.23. The smallest absolute Gasteiger partial charge is 0.380 e. The summed E-state index contributed by atoms with van der Waals surface area (Å²) in [7, 11) is 1.46. The summed E-state index contributed by atoms with van der Waals surface area (Å²) in [4.78, 5) is 14.5. The Morgan fingerprint density at radius 3 is 2.63 bits per heavy atom. The molecule has 0 aromatic carbocycles. The van der Waals surface area contributed by atoms with E-state index >= 15 is 0 Å². The molecule has 3 N–H and O–H groups in total. The minimum Gasteiger partial charge on any atom is -0.380 e. The highest BCUT2D eigenvalue weighted by atomic mass is 19.4. The van der Waals surface area contributed by atoms with Gasteiger partial charge in [-0.05, 0) is 19.1 Å². The number of anilines is 1. The maximum Gasteiger partial charge on any atom is 0.433 e. The fourth-order valence-electron chi connectivity index (χ4n) is 1.27. The SMILES string of the molecule is COC(C)CNc1nc(C(F)(F)F)ccc1C(N)=O. The van der Waals surface area contributed by atoms with Crippen molar-refractivity contribution in [1.29, 1.82) is 0 Å². The van der Waals surface area contributed by atoms with Crippen LogP contribution < -0.4 is 11.1 Å². The molecule has 1 atom stereocenters. The molecule has 0 aliphatic rings. The second-order valence-corrected chi connectivity index (χ2v) is 3.88. The van der Waals surface area contributed by atoms with Crippen molar-refractivity contribution < 1.29 is 22.7 Å². The number of ether oxygens (including phenoxy) is 1. The largest absolute Gasteiger partial charge is 0.433 e. The van der Waals surface area contributed by atoms with Gasteiger partial charge in [0.25, 0.3) is 5.91 Å². The third kappa shape index (κ3) is 4.09. The minimum absolute atomic E-state index is 0.101. The molecule has 1 aromatic heterocycles. The lowest BCUT2D eigenvalue weighted by atomic mass is 10.2. The molecule has 0 saturated carbocycles. The van der Waals surface area contributed by atoms with Crippen LogP contribution in [-0.4, -0.2) is 30.6 Å². The van der Waals surface area contributed by atoms with Gasteiger partial charge in [-0.15, -0.1) is 0 Å². The molecule has 1 amide bonds. The van der Waals surface area contributed by atoms with Crippen LogP contribution in [0, 0.1) is 0 Å². The Hall–Kier alpha value is -1.83. The van der Waals surface area contributed by atoms with Crippen LogP contribution in [0.4, 0.5) is 19.0 Å². The molecule has 0 aliphatic carbocycles. The molecular weight excluding hydrogens is 263 g/mol. The molecule has 8 heteroatoms. The van der Waals surface area contributed by atoms with Crippen molar-refractivity contribution in [1.82, 2.24) is 4.98 Å². The lowest BCUT2D eigenvalue weighted by molar-refractivity contribution is -0.141. The zero-order valence-electron chi connectivity index (χ0n) is 10.4. The van der Waals surface area contributed by atoms with E-state index in [0.29, 0.717) is 6.07 Å². The molecule has 1 heterocycles. The molecule has 1 unspecified atom stereocenters. The lowest BCUT2D eigenvalue weighted by Gasteiger charge is -2.15. The Balaban J connectivity index is 3.06. The Labute approximate surface area is 108 Å². The van der Waals surface area contributed by atoms with Gasteiger partial charge in [0.05, 0.1) is 11.7 Å². The predicted octanol–water partition coefficient (Wildman–Crippen LogP) is 1.65. The van der Waals surface area contributed by atoms with Crippen molar-refractivity contribution >= 4 is 11.7 Å². The van der Waals surface area contributed by atoms with Crippen molar-refractivity contribution in [3.05, 3.63) is 23.4 Å². The number of amides is 1. The number of rotatable bonds is 5. The quantitative estimate of drug-likeness (QED) is 0.857. The third-order valence-electron chi connectivity index (χ3n) is 2.41. The number of nitrogens with one attached hydrogen (secondary N) is 1. The van der Waals surface area contributed by atoms with Gasteiger partial charge in [-0.1, -0.05) is 0 Å². The number of carbonyl (C=O) groups excluding carboxylic acids is 1. The molecule has 5 nitrogen and oxygen atoms in total. The van der Waals surface area contributed by atoms with Crippen LogP contribution >= 0.6 is 0 Å². The van der Waals surface area contributed by atoms with Crippen LogP contribution in [-0.2, 0) is 10.9 Å². The first-order valence-corrected chi connectivity index (χ1v) is 5.40. The number of alkyl halides is 3. The third-order valence-corrected chi connectivity index (χ3v) is 2.41. The number of aromatic nitrogens is 1. The van der Waals surface area contributed by atoms with Crippen LogP contribution in [0.1, 0.15) is 23.0 Å². The Bertz CT molecular complexity index is 463. The Kier molecular flexibility index (Phi) is 4.71. The average Bonchev–Trinajstić information content (AvgIpc) is 2.34. The molecule has 0 saturated heterocycles. The summed E-state index contributed by atoms with van der Waals surface area (Å²) < 4.78 is 42.5. The van der Waals surface area contributed by atoms with E-state index in [2.05, 4.69) is 10.3 Å². The van der Waals surface area contributed by atoms with Crippen molar-refractivity contribution in [3.63, 3.8) is 0 Å². The number of hydrogen-bond donors (Lipinski definition) is 2. The summed E-state index contributed by atoms with van der Waals surface area (Å²) in [6.45, 7) is 1.91. The average molecular weight is 277 g/mol. The van der Waals surface area contributed by atoms with Gasteiger partial charge in [0, 0.05) is 13.7 Å². The van der Waals surface area contributed by atoms with Crippen LogP contribution in [0.15, 0.2) is 12.1 Å². The monoisotopic (exact) mass is 277 g/mol. The molecule has 0 aliphatic heterocycles. The van der Waals surface area contributed by atoms with E-state index in [-0.39, 0.29) is 24.0 Å². The van der Waals surface area contributed by atoms with Gasteiger partial charge >= 0.3 is 6.18 Å². The van der Waals surface area contributed by atoms with Crippen LogP contribution in [0.5, 0.6) is 0 Å². The number of pyridine rings is 1. The van der Waals surface area contributed by atoms with E-state index in [1.54, 1.807) is 6.92 Å². The van der Waals surface area contributed by atoms with E-state index in [1.165, 1.54) is 7.11 Å². The van der Waals surface area contributed by atoms with Crippen molar-refractivity contribution in [2.24, 2.45) is 5.73 Å². The van der Waals surface area contributed by atoms with Gasteiger partial charge < -0.3 is 15.8 Å². The fraction of sp³-hybridized carbons (Fsp3) is 0.455. The summed E-state index contributed by atoms with van der Waals surface area (Å²) in [5.74, 6) is -1.06. The highest BCUT2D eigenvalue weighted by Gasteiger charge is 2.33. The van der Waals surface area contributed by atoms with Gasteiger partial charge in [0.15, 0.2) is 0 Å². The van der Waals surface area contributed by atoms with Crippen molar-refractivity contribution in [2.45, 2.75) is 19.2 Å². The van der Waals surface area contributed by atoms with Crippen molar-refractivity contribution in [2.75, 3.05) is 19.0 Å². The molecule has 0 radical (unpaired) electrons. The highest BCUT2D eigenvalue weighted by molar-refractivity contribution is 5.97. The first-order chi connectivity index (χ1) is 8.75. The topological polar surface area (TPSA) is 77.2 Å². The van der Waals surface area contributed by atoms with Gasteiger partial charge in [-0.2, -0.15) is 13.2 Å². The van der Waals surface area contributed by atoms with Gasteiger partial charge in [-0.25, -0.2) is 4.98 Å². The number of nitrogens with two attached hydrogens (primary N) is 1. The minimum atomic E-state index is -4.58. The number of carbonyl (C=O) groups is 1. The van der Waals surface area contributed by atoms with Crippen molar-refractivity contribution in [3.8, 4) is 0 Å². The van der Waals surface area contributed by atoms with Crippen LogP contribution in [0.2, 0.25) is 0 Å². The standard InChI is InChI=1S/C11H14F3N3O2/c1-6(19-2)5-16-10-7(9(15)18)3-4-8(17-10)11(12,13)14/h3-4,6H,5H2,1-2H3,(H2,15,18)(H,16,17). The Morgan fingerprint density at radius 1 is 1.53 bits per heavy atom. The van der Waals surface area contributed by atoms with E-state index in [1.807, 2.05) is 0 Å². The number of halogens is 3. The summed E-state index contributed by atoms with van der Waals surface area (Å²) >= 11 is 0. The zero-order valence-corrected chi connectivity index (χ0v) is 10.4. The van der Waals surface area contributed by atoms with E-state index in [9.17, 15) is 18.0 Å². The highest BCUT2D eigenvalue weighted by Crippen LogP contribution is 2.29. The first kappa shape index (κ1) is 15.2. The van der Waals surface area contributed by atoms with Gasteiger partial charge in [0.2, 0.25) is 0 Å². The summed E-state index contributed by atoms with van der Waals surface area (Å²) in [6, 6.07) is 1.71. The van der Waals surface area contributed by atoms with Crippen LogP contribution in [0.3, 0.4) is 0 Å². The van der Waals surface area contributed by atoms with E-state index in [4.69, 9.17) is 10.5 Å². The molecule has 19 heavy (non-hydrogen) atoms. The zero-order chi connectivity index (χ0) is 14.6. The maximum absolute atomic E-state index is 12.5. The van der Waals surface area contributed by atoms with Gasteiger partial charge in [0.1, 0.15) is 11.5 Å². The first-order valence-electron chi connectivity index (χ1n) is 5.40. The second kappa shape index (κ2) is 5.87. The molecule has 1 aromatic rings. The Morgan fingerprint density at radius 2 is 2.16 bits per heavy atom. The van der Waals surface area contributed by atoms with Gasteiger partial charge in [-0.3, -0.25) is 4.79 Å². The summed E-state index contributed by atoms with van der Waals surface area (Å²) in [5, 5.41) is 2.62. The number of nitrogens with zero attached hydrogens (tertiary/aromatic N) is 1. The molecule has 0 bridgehead atoms. The normalized spacial score (nSPS) is 13.1. The summed E-state index contributed by atoms with van der Waals surface area (Å²) in [5.41, 5.74) is 3.89. The molecule has 0 fully saturated rings. The number of hydrogen-bond acceptors (Lipinski definition) is 4.